The van der Waals surface area contributed by atoms with Gasteiger partial charge in [0.05, 0.1) is 12.2 Å². The molecule has 1 fully saturated rings. The number of hydrogen-bond acceptors (Lipinski definition) is 7. The van der Waals surface area contributed by atoms with E-state index < -0.39 is 12.7 Å². The zero-order chi connectivity index (χ0) is 19.3. The number of likely N-dealkylation sites (tertiary alicyclic amines) is 1. The van der Waals surface area contributed by atoms with Crippen LogP contribution in [0.1, 0.15) is 19.8 Å². The van der Waals surface area contributed by atoms with Crippen molar-refractivity contribution in [3.8, 4) is 11.3 Å². The van der Waals surface area contributed by atoms with Crippen molar-refractivity contribution in [1.29, 1.82) is 0 Å². The van der Waals surface area contributed by atoms with E-state index in [1.54, 1.807) is 12.4 Å². The quantitative estimate of drug-likeness (QED) is 0.797. The van der Waals surface area contributed by atoms with E-state index >= 15 is 0 Å². The Morgan fingerprint density at radius 3 is 2.44 bits per heavy atom. The van der Waals surface area contributed by atoms with Gasteiger partial charge in [0.15, 0.2) is 0 Å². The molecule has 0 aromatic carbocycles. The van der Waals surface area contributed by atoms with Gasteiger partial charge in [0, 0.05) is 49.7 Å². The lowest BCUT2D eigenvalue weighted by Gasteiger charge is -2.32. The molecule has 3 heterocycles. The molecular formula is C17H22F3N7. The monoisotopic (exact) mass is 381 g/mol. The summed E-state index contributed by atoms with van der Waals surface area (Å²) in [5.74, 6) is 1.20. The maximum Gasteiger partial charge on any atom is 0.401 e. The van der Waals surface area contributed by atoms with Crippen LogP contribution in [0, 0.1) is 0 Å². The normalized spacial score (nSPS) is 16.3. The number of nitrogens with one attached hydrogen (secondary N) is 2. The molecule has 0 bridgehead atoms. The summed E-state index contributed by atoms with van der Waals surface area (Å²) >= 11 is 0. The molecule has 0 aliphatic carbocycles. The van der Waals surface area contributed by atoms with Gasteiger partial charge >= 0.3 is 6.18 Å². The van der Waals surface area contributed by atoms with Crippen molar-refractivity contribution in [2.24, 2.45) is 0 Å². The van der Waals surface area contributed by atoms with Crippen LogP contribution < -0.4 is 10.6 Å². The number of alkyl halides is 3. The first-order chi connectivity index (χ1) is 12.9. The second kappa shape index (κ2) is 8.47. The summed E-state index contributed by atoms with van der Waals surface area (Å²) in [5.41, 5.74) is 1.48. The van der Waals surface area contributed by atoms with Crippen LogP contribution in [0.4, 0.5) is 24.9 Å². The van der Waals surface area contributed by atoms with Gasteiger partial charge in [0.1, 0.15) is 12.1 Å². The molecule has 1 aliphatic heterocycles. The van der Waals surface area contributed by atoms with Crippen molar-refractivity contribution >= 4 is 11.8 Å². The smallest absolute Gasteiger partial charge is 0.370 e. The Labute approximate surface area is 155 Å². The Morgan fingerprint density at radius 1 is 1.11 bits per heavy atom. The lowest BCUT2D eigenvalue weighted by Crippen LogP contribution is -2.43. The standard InChI is InChI=1S/C17H22F3N7/c1-2-21-15-7-14(24-11-25-15)12-8-22-16(23-9-12)26-13-3-5-27(6-4-13)10-17(18,19)20/h7-9,11,13H,2-6,10H2,1H3,(H,21,24,25)(H,22,23,26). The van der Waals surface area contributed by atoms with Gasteiger partial charge in [0.2, 0.25) is 5.95 Å². The lowest BCUT2D eigenvalue weighted by molar-refractivity contribution is -0.147. The number of halogens is 3. The minimum absolute atomic E-state index is 0.0692. The number of aromatic nitrogens is 4. The molecule has 0 spiro atoms. The van der Waals surface area contributed by atoms with E-state index in [2.05, 4.69) is 30.6 Å². The molecule has 2 aromatic rings. The summed E-state index contributed by atoms with van der Waals surface area (Å²) in [5, 5.41) is 6.32. The van der Waals surface area contributed by atoms with Crippen LogP contribution in [0.3, 0.4) is 0 Å². The summed E-state index contributed by atoms with van der Waals surface area (Å²) in [7, 11) is 0. The largest absolute Gasteiger partial charge is 0.401 e. The first-order valence-corrected chi connectivity index (χ1v) is 8.87. The number of hydrogen-bond donors (Lipinski definition) is 2. The van der Waals surface area contributed by atoms with E-state index in [1.165, 1.54) is 11.2 Å². The van der Waals surface area contributed by atoms with Gasteiger partial charge in [-0.05, 0) is 19.8 Å². The first-order valence-electron chi connectivity index (χ1n) is 8.87. The Balaban J connectivity index is 1.55. The first kappa shape index (κ1) is 19.3. The van der Waals surface area contributed by atoms with E-state index in [9.17, 15) is 13.2 Å². The van der Waals surface area contributed by atoms with Crippen LogP contribution in [0.2, 0.25) is 0 Å². The van der Waals surface area contributed by atoms with Crippen LogP contribution in [0.5, 0.6) is 0 Å². The van der Waals surface area contributed by atoms with Crippen LogP contribution in [-0.4, -0.2) is 63.2 Å². The summed E-state index contributed by atoms with van der Waals surface area (Å²) in [4.78, 5) is 18.4. The molecule has 2 aromatic heterocycles. The molecule has 0 amide bonds. The van der Waals surface area contributed by atoms with E-state index in [0.29, 0.717) is 37.6 Å². The Hall–Kier alpha value is -2.49. The molecule has 0 saturated carbocycles. The molecular weight excluding hydrogens is 359 g/mol. The van der Waals surface area contributed by atoms with Gasteiger partial charge in [-0.1, -0.05) is 0 Å². The highest BCUT2D eigenvalue weighted by Gasteiger charge is 2.32. The van der Waals surface area contributed by atoms with Crippen molar-refractivity contribution in [2.45, 2.75) is 32.0 Å². The van der Waals surface area contributed by atoms with E-state index in [1.807, 2.05) is 13.0 Å². The van der Waals surface area contributed by atoms with Crippen molar-refractivity contribution in [3.05, 3.63) is 24.8 Å². The topological polar surface area (TPSA) is 78.9 Å². The van der Waals surface area contributed by atoms with Crippen LogP contribution in [-0.2, 0) is 0 Å². The molecule has 2 N–H and O–H groups in total. The second-order valence-corrected chi connectivity index (χ2v) is 6.42. The highest BCUT2D eigenvalue weighted by Crippen LogP contribution is 2.22. The minimum Gasteiger partial charge on any atom is -0.370 e. The maximum atomic E-state index is 12.4. The molecule has 7 nitrogen and oxygen atoms in total. The number of rotatable bonds is 6. The fourth-order valence-electron chi connectivity index (χ4n) is 3.00. The van der Waals surface area contributed by atoms with Gasteiger partial charge in [-0.25, -0.2) is 19.9 Å². The van der Waals surface area contributed by atoms with Crippen molar-refractivity contribution < 1.29 is 13.2 Å². The number of piperidine rings is 1. The molecule has 1 saturated heterocycles. The molecule has 3 rings (SSSR count). The molecule has 146 valence electrons. The van der Waals surface area contributed by atoms with E-state index in [-0.39, 0.29) is 6.04 Å². The van der Waals surface area contributed by atoms with Gasteiger partial charge in [-0.2, -0.15) is 13.2 Å². The molecule has 10 heteroatoms. The number of anilines is 2. The SMILES string of the molecule is CCNc1cc(-c2cnc(NC3CCN(CC(F)(F)F)CC3)nc2)ncn1. The van der Waals surface area contributed by atoms with Crippen LogP contribution >= 0.6 is 0 Å². The zero-order valence-corrected chi connectivity index (χ0v) is 15.0. The second-order valence-electron chi connectivity index (χ2n) is 6.42. The predicted molar refractivity (Wildman–Crippen MR) is 96.4 cm³/mol. The van der Waals surface area contributed by atoms with Gasteiger partial charge < -0.3 is 10.6 Å². The summed E-state index contributed by atoms with van der Waals surface area (Å²) in [6, 6.07) is 1.89. The molecule has 1 aliphatic rings. The van der Waals surface area contributed by atoms with Gasteiger partial charge in [-0.3, -0.25) is 4.90 Å². The van der Waals surface area contributed by atoms with Crippen molar-refractivity contribution in [2.75, 3.05) is 36.8 Å². The van der Waals surface area contributed by atoms with Gasteiger partial charge in [-0.15, -0.1) is 0 Å². The number of nitrogens with zero attached hydrogens (tertiary/aromatic N) is 5. The van der Waals surface area contributed by atoms with Crippen LogP contribution in [0.15, 0.2) is 24.8 Å². The molecule has 0 radical (unpaired) electrons. The zero-order valence-electron chi connectivity index (χ0n) is 15.0. The summed E-state index contributed by atoms with van der Waals surface area (Å²) < 4.78 is 37.3. The van der Waals surface area contributed by atoms with Crippen molar-refractivity contribution in [3.63, 3.8) is 0 Å². The van der Waals surface area contributed by atoms with Crippen molar-refractivity contribution in [1.82, 2.24) is 24.8 Å². The average Bonchev–Trinajstić information content (AvgIpc) is 2.63. The lowest BCUT2D eigenvalue weighted by atomic mass is 10.1. The third-order valence-electron chi connectivity index (χ3n) is 4.30. The third kappa shape index (κ3) is 5.75. The van der Waals surface area contributed by atoms with E-state index in [0.717, 1.165) is 17.9 Å². The predicted octanol–water partition coefficient (Wildman–Crippen LogP) is 2.80. The fraction of sp³-hybridized carbons (Fsp3) is 0.529. The summed E-state index contributed by atoms with van der Waals surface area (Å²) in [6.45, 7) is 2.71. The van der Waals surface area contributed by atoms with Gasteiger partial charge in [0.25, 0.3) is 0 Å². The van der Waals surface area contributed by atoms with Crippen LogP contribution in [0.25, 0.3) is 11.3 Å². The highest BCUT2D eigenvalue weighted by atomic mass is 19.4. The van der Waals surface area contributed by atoms with E-state index in [4.69, 9.17) is 0 Å². The Kier molecular flexibility index (Phi) is 6.04. The maximum absolute atomic E-state index is 12.4. The fourth-order valence-corrected chi connectivity index (χ4v) is 3.00. The molecule has 0 atom stereocenters. The minimum atomic E-state index is -4.15. The third-order valence-corrected chi connectivity index (χ3v) is 4.30. The Morgan fingerprint density at radius 2 is 1.81 bits per heavy atom. The molecule has 27 heavy (non-hydrogen) atoms. The average molecular weight is 381 g/mol. The summed E-state index contributed by atoms with van der Waals surface area (Å²) in [6.07, 6.45) is 1.93. The molecule has 0 unspecified atom stereocenters. The Bertz CT molecular complexity index is 728. The highest BCUT2D eigenvalue weighted by molar-refractivity contribution is 5.60.